The molecular weight excluding hydrogens is 213 g/mol. The number of alkyl halides is 3. The molecule has 14 heavy (non-hydrogen) atoms. The topological polar surface area (TPSA) is 20.2 Å². The second-order valence-electron chi connectivity index (χ2n) is 4.25. The lowest BCUT2D eigenvalue weighted by Gasteiger charge is -2.23. The summed E-state index contributed by atoms with van der Waals surface area (Å²) in [5.74, 6) is 0.104. The summed E-state index contributed by atoms with van der Waals surface area (Å²) in [4.78, 5) is 0. The molecule has 0 aromatic carbocycles. The van der Waals surface area contributed by atoms with Gasteiger partial charge in [-0.2, -0.15) is 13.2 Å². The van der Waals surface area contributed by atoms with Crippen molar-refractivity contribution < 1.29 is 18.3 Å². The number of thioether (sulfide) groups is 1. The van der Waals surface area contributed by atoms with Crippen LogP contribution in [0.1, 0.15) is 32.6 Å². The van der Waals surface area contributed by atoms with Gasteiger partial charge in [-0.15, -0.1) is 0 Å². The molecule has 1 saturated carbocycles. The maximum absolute atomic E-state index is 11.8. The molecule has 0 spiro atoms. The maximum Gasteiger partial charge on any atom is 0.441 e. The zero-order valence-corrected chi connectivity index (χ0v) is 8.92. The van der Waals surface area contributed by atoms with Crippen LogP contribution in [0, 0.1) is 5.41 Å². The molecule has 1 nitrogen and oxygen atoms in total. The largest absolute Gasteiger partial charge is 0.441 e. The second kappa shape index (κ2) is 4.31. The zero-order chi connectivity index (χ0) is 10.8. The summed E-state index contributed by atoms with van der Waals surface area (Å²) in [6.45, 7) is 1.96. The fourth-order valence-electron chi connectivity index (χ4n) is 1.93. The Bertz CT molecular complexity index is 195. The van der Waals surface area contributed by atoms with Crippen molar-refractivity contribution >= 4 is 11.8 Å². The SMILES string of the molecule is CC1(CCSC(F)(F)F)CCC(O)C1. The first kappa shape index (κ1) is 12.2. The smallest absolute Gasteiger partial charge is 0.393 e. The summed E-state index contributed by atoms with van der Waals surface area (Å²) in [7, 11) is 0. The van der Waals surface area contributed by atoms with Gasteiger partial charge in [0.25, 0.3) is 0 Å². The molecule has 0 aromatic heterocycles. The molecule has 0 heterocycles. The second-order valence-corrected chi connectivity index (χ2v) is 5.41. The van der Waals surface area contributed by atoms with Crippen molar-refractivity contribution in [1.29, 1.82) is 0 Å². The summed E-state index contributed by atoms with van der Waals surface area (Å²) < 4.78 is 35.5. The molecule has 0 saturated heterocycles. The minimum Gasteiger partial charge on any atom is -0.393 e. The molecule has 1 N–H and O–H groups in total. The Labute approximate surface area is 86.1 Å². The molecule has 0 aromatic rings. The van der Waals surface area contributed by atoms with E-state index >= 15 is 0 Å². The third-order valence-corrected chi connectivity index (χ3v) is 3.52. The highest BCUT2D eigenvalue weighted by Crippen LogP contribution is 2.43. The van der Waals surface area contributed by atoms with E-state index in [-0.39, 0.29) is 29.0 Å². The van der Waals surface area contributed by atoms with E-state index in [2.05, 4.69) is 0 Å². The van der Waals surface area contributed by atoms with Gasteiger partial charge in [0.1, 0.15) is 0 Å². The van der Waals surface area contributed by atoms with Crippen LogP contribution >= 0.6 is 11.8 Å². The lowest BCUT2D eigenvalue weighted by Crippen LogP contribution is -2.15. The molecule has 0 amide bonds. The molecule has 2 unspecified atom stereocenters. The van der Waals surface area contributed by atoms with Crippen LogP contribution in [0.2, 0.25) is 0 Å². The van der Waals surface area contributed by atoms with Crippen LogP contribution in [-0.2, 0) is 0 Å². The Morgan fingerprint density at radius 3 is 2.57 bits per heavy atom. The van der Waals surface area contributed by atoms with Gasteiger partial charge in [0.15, 0.2) is 0 Å². The van der Waals surface area contributed by atoms with Crippen LogP contribution in [0.5, 0.6) is 0 Å². The number of hydrogen-bond acceptors (Lipinski definition) is 2. The third-order valence-electron chi connectivity index (χ3n) is 2.78. The predicted molar refractivity (Wildman–Crippen MR) is 51.1 cm³/mol. The van der Waals surface area contributed by atoms with Crippen molar-refractivity contribution in [3.05, 3.63) is 0 Å². The average Bonchev–Trinajstić information content (AvgIpc) is 2.28. The van der Waals surface area contributed by atoms with Crippen molar-refractivity contribution in [2.75, 3.05) is 5.75 Å². The van der Waals surface area contributed by atoms with Gasteiger partial charge in [0.2, 0.25) is 0 Å². The highest BCUT2D eigenvalue weighted by atomic mass is 32.2. The third kappa shape index (κ3) is 4.09. The first-order chi connectivity index (χ1) is 6.31. The minimum absolute atomic E-state index is 0.0386. The van der Waals surface area contributed by atoms with E-state index in [1.54, 1.807) is 0 Å². The lowest BCUT2D eigenvalue weighted by molar-refractivity contribution is -0.0329. The Morgan fingerprint density at radius 2 is 2.14 bits per heavy atom. The number of rotatable bonds is 3. The Balaban J connectivity index is 2.24. The van der Waals surface area contributed by atoms with Gasteiger partial charge >= 0.3 is 5.51 Å². The monoisotopic (exact) mass is 228 g/mol. The van der Waals surface area contributed by atoms with Crippen LogP contribution in [0.3, 0.4) is 0 Å². The number of halogens is 3. The van der Waals surface area contributed by atoms with Crippen molar-refractivity contribution in [3.63, 3.8) is 0 Å². The zero-order valence-electron chi connectivity index (χ0n) is 8.10. The first-order valence-electron chi connectivity index (χ1n) is 4.70. The highest BCUT2D eigenvalue weighted by molar-refractivity contribution is 8.00. The van der Waals surface area contributed by atoms with E-state index in [0.717, 1.165) is 12.8 Å². The van der Waals surface area contributed by atoms with E-state index in [4.69, 9.17) is 0 Å². The number of hydrogen-bond donors (Lipinski definition) is 1. The molecule has 1 rings (SSSR count). The molecule has 84 valence electrons. The van der Waals surface area contributed by atoms with Gasteiger partial charge in [0.05, 0.1) is 6.10 Å². The molecule has 1 aliphatic rings. The standard InChI is InChI=1S/C9H15F3OS/c1-8(3-2-7(13)6-8)4-5-14-9(10,11)12/h7,13H,2-6H2,1H3. The highest BCUT2D eigenvalue weighted by Gasteiger charge is 2.35. The Morgan fingerprint density at radius 1 is 1.50 bits per heavy atom. The van der Waals surface area contributed by atoms with Crippen LogP contribution in [0.25, 0.3) is 0 Å². The summed E-state index contributed by atoms with van der Waals surface area (Å²) in [5.41, 5.74) is -4.20. The van der Waals surface area contributed by atoms with E-state index in [1.807, 2.05) is 6.92 Å². The maximum atomic E-state index is 11.8. The summed E-state index contributed by atoms with van der Waals surface area (Å²) in [6, 6.07) is 0. The number of aliphatic hydroxyl groups is 1. The van der Waals surface area contributed by atoms with Crippen molar-refractivity contribution in [2.24, 2.45) is 5.41 Å². The van der Waals surface area contributed by atoms with E-state index in [0.29, 0.717) is 12.8 Å². The van der Waals surface area contributed by atoms with Crippen LogP contribution in [0.4, 0.5) is 13.2 Å². The van der Waals surface area contributed by atoms with Gasteiger partial charge < -0.3 is 5.11 Å². The van der Waals surface area contributed by atoms with Gasteiger partial charge in [-0.25, -0.2) is 0 Å². The van der Waals surface area contributed by atoms with Crippen LogP contribution in [0.15, 0.2) is 0 Å². The lowest BCUT2D eigenvalue weighted by atomic mass is 9.86. The fraction of sp³-hybridized carbons (Fsp3) is 1.00. The summed E-state index contributed by atoms with van der Waals surface area (Å²) in [5, 5.41) is 9.29. The summed E-state index contributed by atoms with van der Waals surface area (Å²) in [6.07, 6.45) is 2.44. The van der Waals surface area contributed by atoms with Crippen LogP contribution in [-0.4, -0.2) is 22.5 Å². The normalized spacial score (nSPS) is 33.6. The van der Waals surface area contributed by atoms with Gasteiger partial charge in [0, 0.05) is 5.75 Å². The molecule has 1 aliphatic carbocycles. The summed E-state index contributed by atoms with van der Waals surface area (Å²) >= 11 is 0.0386. The quantitative estimate of drug-likeness (QED) is 0.800. The molecular formula is C9H15F3OS. The Kier molecular flexibility index (Phi) is 3.75. The Hall–Kier alpha value is 0.1000. The molecule has 5 heteroatoms. The fourth-order valence-corrected chi connectivity index (χ4v) is 2.75. The molecule has 0 aliphatic heterocycles. The molecule has 2 atom stereocenters. The molecule has 0 radical (unpaired) electrons. The van der Waals surface area contributed by atoms with Crippen LogP contribution < -0.4 is 0 Å². The molecule has 1 fully saturated rings. The van der Waals surface area contributed by atoms with E-state index in [9.17, 15) is 18.3 Å². The van der Waals surface area contributed by atoms with Crippen molar-refractivity contribution in [3.8, 4) is 0 Å². The molecule has 0 bridgehead atoms. The van der Waals surface area contributed by atoms with Gasteiger partial charge in [-0.3, -0.25) is 0 Å². The van der Waals surface area contributed by atoms with Crippen molar-refractivity contribution in [1.82, 2.24) is 0 Å². The van der Waals surface area contributed by atoms with Gasteiger partial charge in [-0.05, 0) is 31.1 Å². The minimum atomic E-state index is -4.12. The average molecular weight is 228 g/mol. The van der Waals surface area contributed by atoms with Crippen molar-refractivity contribution in [2.45, 2.75) is 44.2 Å². The van der Waals surface area contributed by atoms with E-state index < -0.39 is 5.51 Å². The number of aliphatic hydroxyl groups excluding tert-OH is 1. The van der Waals surface area contributed by atoms with Gasteiger partial charge in [-0.1, -0.05) is 18.7 Å². The first-order valence-corrected chi connectivity index (χ1v) is 5.68. The van der Waals surface area contributed by atoms with E-state index in [1.165, 1.54) is 0 Å². The predicted octanol–water partition coefficient (Wildman–Crippen LogP) is 3.18.